The number of ketones is 1. The molecule has 88 valence electrons. The standard InChI is InChI=1S/C6H10O3.C5H10O/c1-3-4(2)5(7)6(8)9;1-3-5(2)4-6/h4H,3H2,1-2H3,(H,8,9);4-5H,3H2,1-2H3. The van der Waals surface area contributed by atoms with Crippen LogP contribution in [0, 0.1) is 11.8 Å². The molecule has 0 saturated carbocycles. The maximum atomic E-state index is 10.5. The summed E-state index contributed by atoms with van der Waals surface area (Å²) in [7, 11) is 0. The molecule has 0 fully saturated rings. The van der Waals surface area contributed by atoms with Gasteiger partial charge in [-0.15, -0.1) is 0 Å². The Balaban J connectivity index is 0. The monoisotopic (exact) mass is 216 g/mol. The van der Waals surface area contributed by atoms with Crippen LogP contribution in [0.4, 0.5) is 0 Å². The summed E-state index contributed by atoms with van der Waals surface area (Å²) < 4.78 is 0. The highest BCUT2D eigenvalue weighted by Gasteiger charge is 2.17. The van der Waals surface area contributed by atoms with Gasteiger partial charge in [0.15, 0.2) is 0 Å². The van der Waals surface area contributed by atoms with Gasteiger partial charge in [-0.1, -0.05) is 27.7 Å². The SMILES string of the molecule is CCC(C)C(=O)C(=O)O.CCC(C)C=O. The minimum atomic E-state index is -1.33. The van der Waals surface area contributed by atoms with Crippen LogP contribution in [0.25, 0.3) is 0 Å². The fraction of sp³-hybridized carbons (Fsp3) is 0.727. The highest BCUT2D eigenvalue weighted by molar-refractivity contribution is 6.33. The van der Waals surface area contributed by atoms with Gasteiger partial charge in [0.2, 0.25) is 5.78 Å². The summed E-state index contributed by atoms with van der Waals surface area (Å²) in [6, 6.07) is 0. The maximum absolute atomic E-state index is 10.5. The van der Waals surface area contributed by atoms with Crippen molar-refractivity contribution in [1.82, 2.24) is 0 Å². The molecule has 0 aliphatic carbocycles. The Hall–Kier alpha value is -1.19. The Morgan fingerprint density at radius 3 is 1.73 bits per heavy atom. The summed E-state index contributed by atoms with van der Waals surface area (Å²) in [6.07, 6.45) is 2.52. The molecule has 0 radical (unpaired) electrons. The number of aldehydes is 1. The second-order valence-electron chi connectivity index (χ2n) is 3.50. The van der Waals surface area contributed by atoms with Crippen molar-refractivity contribution < 1.29 is 19.5 Å². The average Bonchev–Trinajstić information content (AvgIpc) is 2.26. The van der Waals surface area contributed by atoms with E-state index < -0.39 is 11.8 Å². The quantitative estimate of drug-likeness (QED) is 0.563. The van der Waals surface area contributed by atoms with Crippen LogP contribution in [0.3, 0.4) is 0 Å². The van der Waals surface area contributed by atoms with Gasteiger partial charge in [0.1, 0.15) is 6.29 Å². The first-order valence-electron chi connectivity index (χ1n) is 5.12. The third kappa shape index (κ3) is 9.12. The Kier molecular flexibility index (Phi) is 10.1. The van der Waals surface area contributed by atoms with E-state index in [-0.39, 0.29) is 11.8 Å². The molecule has 0 amide bonds. The van der Waals surface area contributed by atoms with E-state index in [1.165, 1.54) is 0 Å². The van der Waals surface area contributed by atoms with Gasteiger partial charge in [-0.05, 0) is 12.8 Å². The highest BCUT2D eigenvalue weighted by Crippen LogP contribution is 2.00. The fourth-order valence-electron chi connectivity index (χ4n) is 0.492. The van der Waals surface area contributed by atoms with E-state index in [0.29, 0.717) is 6.42 Å². The molecule has 15 heavy (non-hydrogen) atoms. The number of carboxylic acid groups (broad SMARTS) is 1. The summed E-state index contributed by atoms with van der Waals surface area (Å²) in [5.41, 5.74) is 0. The van der Waals surface area contributed by atoms with Crippen LogP contribution < -0.4 is 0 Å². The van der Waals surface area contributed by atoms with Crippen molar-refractivity contribution in [3.63, 3.8) is 0 Å². The first-order chi connectivity index (χ1) is 6.90. The van der Waals surface area contributed by atoms with Gasteiger partial charge in [-0.3, -0.25) is 4.79 Å². The predicted octanol–water partition coefficient (Wildman–Crippen LogP) is 1.92. The van der Waals surface area contributed by atoms with Crippen molar-refractivity contribution in [3.05, 3.63) is 0 Å². The zero-order valence-corrected chi connectivity index (χ0v) is 9.82. The van der Waals surface area contributed by atoms with Crippen LogP contribution in [-0.4, -0.2) is 23.1 Å². The molecule has 0 aromatic carbocycles. The van der Waals surface area contributed by atoms with Gasteiger partial charge >= 0.3 is 5.97 Å². The first kappa shape index (κ1) is 16.2. The zero-order valence-electron chi connectivity index (χ0n) is 9.82. The maximum Gasteiger partial charge on any atom is 0.372 e. The second kappa shape index (κ2) is 9.37. The van der Waals surface area contributed by atoms with Gasteiger partial charge in [0.25, 0.3) is 0 Å². The van der Waals surface area contributed by atoms with Crippen LogP contribution in [0.2, 0.25) is 0 Å². The minimum absolute atomic E-state index is 0.255. The van der Waals surface area contributed by atoms with Gasteiger partial charge in [-0.2, -0.15) is 0 Å². The molecular formula is C11H20O4. The molecule has 4 nitrogen and oxygen atoms in total. The van der Waals surface area contributed by atoms with Crippen molar-refractivity contribution in [2.45, 2.75) is 40.5 Å². The summed E-state index contributed by atoms with van der Waals surface area (Å²) in [5.74, 6) is -2.12. The van der Waals surface area contributed by atoms with E-state index in [1.807, 2.05) is 13.8 Å². The minimum Gasteiger partial charge on any atom is -0.475 e. The molecule has 1 N–H and O–H groups in total. The molecule has 0 spiro atoms. The number of hydrogen-bond acceptors (Lipinski definition) is 3. The number of aliphatic carboxylic acids is 1. The Bertz CT molecular complexity index is 211. The summed E-state index contributed by atoms with van der Waals surface area (Å²) >= 11 is 0. The van der Waals surface area contributed by atoms with Crippen molar-refractivity contribution in [2.75, 3.05) is 0 Å². The van der Waals surface area contributed by atoms with E-state index in [0.717, 1.165) is 12.7 Å². The van der Waals surface area contributed by atoms with Crippen LogP contribution >= 0.6 is 0 Å². The van der Waals surface area contributed by atoms with E-state index in [4.69, 9.17) is 5.11 Å². The highest BCUT2D eigenvalue weighted by atomic mass is 16.4. The smallest absolute Gasteiger partial charge is 0.372 e. The number of carbonyl (C=O) groups excluding carboxylic acids is 2. The van der Waals surface area contributed by atoms with E-state index in [2.05, 4.69) is 0 Å². The molecule has 0 aromatic rings. The Labute approximate surface area is 90.7 Å². The molecule has 2 unspecified atom stereocenters. The lowest BCUT2D eigenvalue weighted by molar-refractivity contribution is -0.150. The molecule has 0 heterocycles. The van der Waals surface area contributed by atoms with Gasteiger partial charge < -0.3 is 9.90 Å². The van der Waals surface area contributed by atoms with E-state index >= 15 is 0 Å². The van der Waals surface area contributed by atoms with Crippen LogP contribution in [-0.2, 0) is 14.4 Å². The molecule has 0 bridgehead atoms. The molecule has 4 heteroatoms. The molecule has 0 saturated heterocycles. The lowest BCUT2D eigenvalue weighted by Crippen LogP contribution is -2.19. The molecule has 0 aliphatic heterocycles. The van der Waals surface area contributed by atoms with Crippen LogP contribution in [0.15, 0.2) is 0 Å². The first-order valence-corrected chi connectivity index (χ1v) is 5.12. The lowest BCUT2D eigenvalue weighted by atomic mass is 10.0. The fourth-order valence-corrected chi connectivity index (χ4v) is 0.492. The van der Waals surface area contributed by atoms with Crippen LogP contribution in [0.5, 0.6) is 0 Å². The molecular weight excluding hydrogens is 196 g/mol. The number of carbonyl (C=O) groups is 3. The third-order valence-corrected chi connectivity index (χ3v) is 2.15. The number of carboxylic acids is 1. The number of hydrogen-bond donors (Lipinski definition) is 1. The topological polar surface area (TPSA) is 71.4 Å². The van der Waals surface area contributed by atoms with E-state index in [9.17, 15) is 14.4 Å². The number of rotatable bonds is 5. The third-order valence-electron chi connectivity index (χ3n) is 2.15. The van der Waals surface area contributed by atoms with Gasteiger partial charge in [0.05, 0.1) is 0 Å². The van der Waals surface area contributed by atoms with Crippen molar-refractivity contribution in [1.29, 1.82) is 0 Å². The van der Waals surface area contributed by atoms with E-state index in [1.54, 1.807) is 13.8 Å². The predicted molar refractivity (Wildman–Crippen MR) is 57.6 cm³/mol. The largest absolute Gasteiger partial charge is 0.475 e. The molecule has 0 rings (SSSR count). The summed E-state index contributed by atoms with van der Waals surface area (Å²) in [5, 5.41) is 8.13. The second-order valence-corrected chi connectivity index (χ2v) is 3.50. The van der Waals surface area contributed by atoms with Crippen molar-refractivity contribution in [2.24, 2.45) is 11.8 Å². The molecule has 0 aliphatic rings. The van der Waals surface area contributed by atoms with Crippen LogP contribution in [0.1, 0.15) is 40.5 Å². The van der Waals surface area contributed by atoms with Gasteiger partial charge in [0, 0.05) is 11.8 Å². The van der Waals surface area contributed by atoms with Crippen molar-refractivity contribution in [3.8, 4) is 0 Å². The average molecular weight is 216 g/mol. The lowest BCUT2D eigenvalue weighted by Gasteiger charge is -1.99. The Morgan fingerprint density at radius 2 is 1.67 bits per heavy atom. The summed E-state index contributed by atoms with van der Waals surface area (Å²) in [6.45, 7) is 7.30. The molecule has 2 atom stereocenters. The van der Waals surface area contributed by atoms with Crippen molar-refractivity contribution >= 4 is 18.0 Å². The molecule has 0 aromatic heterocycles. The summed E-state index contributed by atoms with van der Waals surface area (Å²) in [4.78, 5) is 30.2. The Morgan fingerprint density at radius 1 is 1.20 bits per heavy atom. The number of Topliss-reactive ketones (excluding diaryl/α,β-unsaturated/α-hetero) is 1. The van der Waals surface area contributed by atoms with Gasteiger partial charge in [-0.25, -0.2) is 4.79 Å². The normalized spacial score (nSPS) is 13.1. The zero-order chi connectivity index (χ0) is 12.4.